The van der Waals surface area contributed by atoms with E-state index in [2.05, 4.69) is 60.7 Å². The summed E-state index contributed by atoms with van der Waals surface area (Å²) in [6, 6.07) is 20.6. The fraction of sp³-hybridized carbons (Fsp3) is 0.233. The Bertz CT molecular complexity index is 1250. The van der Waals surface area contributed by atoms with Crippen LogP contribution in [0.4, 0.5) is 0 Å². The normalized spacial score (nSPS) is 14.7. The monoisotopic (exact) mass is 467 g/mol. The Hall–Kier alpha value is -3.99. The van der Waals surface area contributed by atoms with Gasteiger partial charge in [0, 0.05) is 18.7 Å². The van der Waals surface area contributed by atoms with E-state index in [9.17, 15) is 4.79 Å². The Morgan fingerprint density at radius 1 is 0.743 bits per heavy atom. The van der Waals surface area contributed by atoms with E-state index in [-0.39, 0.29) is 5.91 Å². The van der Waals surface area contributed by atoms with E-state index in [1.165, 1.54) is 33.4 Å². The molecule has 1 heterocycles. The number of likely N-dealkylation sites (tertiary alicyclic amines) is 1. The summed E-state index contributed by atoms with van der Waals surface area (Å²) in [5.74, 6) is 1.41. The van der Waals surface area contributed by atoms with Crippen LogP contribution in [0, 0.1) is 0 Å². The van der Waals surface area contributed by atoms with Crippen molar-refractivity contribution in [2.75, 3.05) is 34.4 Å². The van der Waals surface area contributed by atoms with Crippen molar-refractivity contribution in [1.29, 1.82) is 0 Å². The number of fused-ring (bicyclic) bond motifs is 2. The van der Waals surface area contributed by atoms with Gasteiger partial charge in [-0.05, 0) is 52.8 Å². The molecule has 0 spiro atoms. The van der Waals surface area contributed by atoms with Gasteiger partial charge in [-0.1, -0.05) is 66.3 Å². The van der Waals surface area contributed by atoms with Crippen LogP contribution in [0.1, 0.15) is 45.5 Å². The van der Waals surface area contributed by atoms with E-state index < -0.39 is 0 Å². The van der Waals surface area contributed by atoms with Crippen LogP contribution in [-0.2, 0) is 0 Å². The van der Waals surface area contributed by atoms with Gasteiger partial charge in [-0.2, -0.15) is 0 Å². The number of amides is 1. The van der Waals surface area contributed by atoms with Gasteiger partial charge in [0.2, 0.25) is 5.75 Å². The Balaban J connectivity index is 1.46. The quantitative estimate of drug-likeness (QED) is 0.373. The van der Waals surface area contributed by atoms with E-state index >= 15 is 0 Å². The smallest absolute Gasteiger partial charge is 0.254 e. The number of piperidine rings is 1. The highest BCUT2D eigenvalue weighted by Crippen LogP contribution is 2.40. The van der Waals surface area contributed by atoms with Gasteiger partial charge in [0.05, 0.1) is 21.3 Å². The van der Waals surface area contributed by atoms with Crippen LogP contribution < -0.4 is 14.2 Å². The average Bonchev–Trinajstić information content (AvgIpc) is 3.09. The molecule has 5 rings (SSSR count). The SMILES string of the molecule is COc1cc(C(=O)N2CCC(=C3c4ccccc4C=Cc4ccccc43)CC2)cc(OC)c1OC. The van der Waals surface area contributed by atoms with E-state index in [0.717, 1.165) is 12.8 Å². The van der Waals surface area contributed by atoms with Crippen molar-refractivity contribution in [2.24, 2.45) is 0 Å². The molecule has 1 saturated heterocycles. The molecule has 0 bridgehead atoms. The van der Waals surface area contributed by atoms with Gasteiger partial charge in [0.1, 0.15) is 0 Å². The third-order valence-electron chi connectivity index (χ3n) is 6.82. The molecule has 2 aliphatic rings. The molecule has 5 nitrogen and oxygen atoms in total. The van der Waals surface area contributed by atoms with Gasteiger partial charge in [-0.3, -0.25) is 4.79 Å². The predicted molar refractivity (Wildman–Crippen MR) is 139 cm³/mol. The molecule has 1 aliphatic carbocycles. The molecule has 1 fully saturated rings. The molecule has 35 heavy (non-hydrogen) atoms. The average molecular weight is 468 g/mol. The first-order chi connectivity index (χ1) is 17.1. The van der Waals surface area contributed by atoms with E-state index in [4.69, 9.17) is 14.2 Å². The van der Waals surface area contributed by atoms with Gasteiger partial charge in [0.25, 0.3) is 5.91 Å². The molecule has 5 heteroatoms. The molecule has 0 atom stereocenters. The molecule has 178 valence electrons. The molecule has 3 aromatic rings. The predicted octanol–water partition coefficient (Wildman–Crippen LogP) is 5.93. The Labute approximate surface area is 206 Å². The largest absolute Gasteiger partial charge is 0.493 e. The van der Waals surface area contributed by atoms with Crippen molar-refractivity contribution in [3.63, 3.8) is 0 Å². The number of hydrogen-bond acceptors (Lipinski definition) is 4. The van der Waals surface area contributed by atoms with Gasteiger partial charge in [-0.25, -0.2) is 0 Å². The first-order valence-corrected chi connectivity index (χ1v) is 11.8. The van der Waals surface area contributed by atoms with Crippen molar-refractivity contribution < 1.29 is 19.0 Å². The molecule has 0 unspecified atom stereocenters. The number of rotatable bonds is 4. The highest BCUT2D eigenvalue weighted by Gasteiger charge is 2.26. The minimum Gasteiger partial charge on any atom is -0.493 e. The number of hydrogen-bond donors (Lipinski definition) is 0. The number of carbonyl (C=O) groups is 1. The van der Waals surface area contributed by atoms with Crippen molar-refractivity contribution in [3.05, 3.63) is 94.1 Å². The van der Waals surface area contributed by atoms with Gasteiger partial charge < -0.3 is 19.1 Å². The van der Waals surface area contributed by atoms with Gasteiger partial charge in [0.15, 0.2) is 11.5 Å². The Morgan fingerprint density at radius 2 is 1.26 bits per heavy atom. The summed E-state index contributed by atoms with van der Waals surface area (Å²) in [6.45, 7) is 1.32. The summed E-state index contributed by atoms with van der Waals surface area (Å²) >= 11 is 0. The van der Waals surface area contributed by atoms with Gasteiger partial charge in [-0.15, -0.1) is 0 Å². The maximum Gasteiger partial charge on any atom is 0.254 e. The zero-order valence-corrected chi connectivity index (χ0v) is 20.3. The second kappa shape index (κ2) is 9.71. The van der Waals surface area contributed by atoms with Crippen LogP contribution in [0.3, 0.4) is 0 Å². The first kappa shape index (κ1) is 22.8. The lowest BCUT2D eigenvalue weighted by atomic mass is 9.86. The van der Waals surface area contributed by atoms with Crippen molar-refractivity contribution in [2.45, 2.75) is 12.8 Å². The van der Waals surface area contributed by atoms with Crippen molar-refractivity contribution in [3.8, 4) is 17.2 Å². The van der Waals surface area contributed by atoms with Crippen LogP contribution in [0.15, 0.2) is 66.2 Å². The second-order valence-corrected chi connectivity index (χ2v) is 8.69. The van der Waals surface area contributed by atoms with Crippen LogP contribution in [0.25, 0.3) is 17.7 Å². The topological polar surface area (TPSA) is 48.0 Å². The summed E-state index contributed by atoms with van der Waals surface area (Å²) in [5, 5.41) is 0. The number of methoxy groups -OCH3 is 3. The molecule has 0 saturated carbocycles. The third kappa shape index (κ3) is 4.18. The van der Waals surface area contributed by atoms with Crippen LogP contribution >= 0.6 is 0 Å². The third-order valence-corrected chi connectivity index (χ3v) is 6.82. The lowest BCUT2D eigenvalue weighted by Gasteiger charge is -2.31. The minimum absolute atomic E-state index is 0.0309. The molecule has 0 radical (unpaired) electrons. The number of benzene rings is 3. The molecule has 0 aromatic heterocycles. The van der Waals surface area contributed by atoms with Crippen LogP contribution in [0.2, 0.25) is 0 Å². The standard InChI is InChI=1S/C30H29NO4/c1-33-26-18-23(19-27(34-2)29(26)35-3)30(32)31-16-14-22(15-17-31)28-24-10-6-4-8-20(24)12-13-21-9-5-7-11-25(21)28/h4-13,18-19H,14-17H2,1-3H3. The zero-order chi connectivity index (χ0) is 24.4. The fourth-order valence-electron chi connectivity index (χ4n) is 5.06. The van der Waals surface area contributed by atoms with Crippen LogP contribution in [-0.4, -0.2) is 45.2 Å². The Kier molecular flexibility index (Phi) is 6.32. The first-order valence-electron chi connectivity index (χ1n) is 11.8. The minimum atomic E-state index is -0.0309. The van der Waals surface area contributed by atoms with E-state index in [1.807, 2.05) is 4.90 Å². The Morgan fingerprint density at radius 3 is 1.74 bits per heavy atom. The highest BCUT2D eigenvalue weighted by molar-refractivity contribution is 5.97. The van der Waals surface area contributed by atoms with Crippen molar-refractivity contribution >= 4 is 23.6 Å². The van der Waals surface area contributed by atoms with E-state index in [1.54, 1.807) is 33.5 Å². The maximum absolute atomic E-state index is 13.4. The van der Waals surface area contributed by atoms with E-state index in [0.29, 0.717) is 35.9 Å². The number of carbonyl (C=O) groups excluding carboxylic acids is 1. The molecule has 1 aliphatic heterocycles. The molecule has 3 aromatic carbocycles. The van der Waals surface area contributed by atoms with Crippen molar-refractivity contribution in [1.82, 2.24) is 4.90 Å². The van der Waals surface area contributed by atoms with Crippen LogP contribution in [0.5, 0.6) is 17.2 Å². The summed E-state index contributed by atoms with van der Waals surface area (Å²) in [5.41, 5.74) is 8.19. The fourth-order valence-corrected chi connectivity index (χ4v) is 5.06. The highest BCUT2D eigenvalue weighted by atomic mass is 16.5. The lowest BCUT2D eigenvalue weighted by Crippen LogP contribution is -2.36. The summed E-state index contributed by atoms with van der Waals surface area (Å²) in [7, 11) is 4.67. The second-order valence-electron chi connectivity index (χ2n) is 8.69. The summed E-state index contributed by atoms with van der Waals surface area (Å²) in [4.78, 5) is 15.3. The molecular formula is C30H29NO4. The molecule has 1 amide bonds. The number of ether oxygens (including phenoxy) is 3. The summed E-state index contributed by atoms with van der Waals surface area (Å²) < 4.78 is 16.3. The summed E-state index contributed by atoms with van der Waals surface area (Å²) in [6.07, 6.45) is 6.05. The zero-order valence-electron chi connectivity index (χ0n) is 20.3. The molecule has 0 N–H and O–H groups in total. The number of nitrogens with zero attached hydrogens (tertiary/aromatic N) is 1. The lowest BCUT2D eigenvalue weighted by molar-refractivity contribution is 0.0743. The van der Waals surface area contributed by atoms with Gasteiger partial charge >= 0.3 is 0 Å². The maximum atomic E-state index is 13.4. The molecular weight excluding hydrogens is 438 g/mol.